The summed E-state index contributed by atoms with van der Waals surface area (Å²) in [5.41, 5.74) is 2.67. The monoisotopic (exact) mass is 150 g/mol. The van der Waals surface area contributed by atoms with E-state index >= 15 is 0 Å². The molecule has 2 nitrogen and oxygen atoms in total. The van der Waals surface area contributed by atoms with Crippen LogP contribution in [0.15, 0.2) is 10.2 Å². The SMILES string of the molecule is CCC1=NN=C2CCCC[C@@H]12. The van der Waals surface area contributed by atoms with E-state index in [0.717, 1.165) is 6.42 Å². The zero-order valence-corrected chi connectivity index (χ0v) is 7.01. The lowest BCUT2D eigenvalue weighted by atomic mass is 9.84. The summed E-state index contributed by atoms with van der Waals surface area (Å²) in [5, 5.41) is 8.42. The van der Waals surface area contributed by atoms with Gasteiger partial charge in [0.1, 0.15) is 0 Å². The Morgan fingerprint density at radius 2 is 2.27 bits per heavy atom. The molecule has 2 aliphatic rings. The second-order valence-corrected chi connectivity index (χ2v) is 3.33. The van der Waals surface area contributed by atoms with Gasteiger partial charge in [-0.15, -0.1) is 0 Å². The van der Waals surface area contributed by atoms with Gasteiger partial charge in [-0.05, 0) is 25.7 Å². The summed E-state index contributed by atoms with van der Waals surface area (Å²) in [5.74, 6) is 0.647. The smallest absolute Gasteiger partial charge is 0.0493 e. The molecule has 1 atom stereocenters. The van der Waals surface area contributed by atoms with E-state index in [4.69, 9.17) is 0 Å². The summed E-state index contributed by atoms with van der Waals surface area (Å²) in [6, 6.07) is 0. The molecule has 1 aliphatic carbocycles. The fourth-order valence-corrected chi connectivity index (χ4v) is 1.99. The first-order valence-corrected chi connectivity index (χ1v) is 4.55. The second kappa shape index (κ2) is 2.76. The van der Waals surface area contributed by atoms with Gasteiger partial charge in [0.15, 0.2) is 0 Å². The molecule has 0 aromatic carbocycles. The zero-order valence-electron chi connectivity index (χ0n) is 7.01. The van der Waals surface area contributed by atoms with Gasteiger partial charge in [0.2, 0.25) is 0 Å². The summed E-state index contributed by atoms with van der Waals surface area (Å²) in [6.45, 7) is 2.17. The Hall–Kier alpha value is -0.660. The molecule has 1 fully saturated rings. The van der Waals surface area contributed by atoms with Crippen molar-refractivity contribution >= 4 is 11.4 Å². The van der Waals surface area contributed by atoms with E-state index in [-0.39, 0.29) is 0 Å². The molecular weight excluding hydrogens is 136 g/mol. The maximum atomic E-state index is 4.21. The molecule has 11 heavy (non-hydrogen) atoms. The third-order valence-corrected chi connectivity index (χ3v) is 2.65. The highest BCUT2D eigenvalue weighted by Crippen LogP contribution is 2.27. The molecule has 0 amide bonds. The van der Waals surface area contributed by atoms with Crippen LogP contribution >= 0.6 is 0 Å². The van der Waals surface area contributed by atoms with Crippen molar-refractivity contribution in [2.75, 3.05) is 0 Å². The van der Waals surface area contributed by atoms with E-state index in [0.29, 0.717) is 5.92 Å². The van der Waals surface area contributed by atoms with Crippen LogP contribution in [0.25, 0.3) is 0 Å². The molecule has 0 aromatic heterocycles. The summed E-state index contributed by atoms with van der Waals surface area (Å²) < 4.78 is 0. The Bertz CT molecular complexity index is 204. The first kappa shape index (κ1) is 7.01. The summed E-state index contributed by atoms with van der Waals surface area (Å²) in [6.07, 6.45) is 6.26. The summed E-state index contributed by atoms with van der Waals surface area (Å²) in [4.78, 5) is 0. The molecule has 2 rings (SSSR count). The van der Waals surface area contributed by atoms with Crippen LogP contribution in [0, 0.1) is 5.92 Å². The first-order valence-electron chi connectivity index (χ1n) is 4.55. The molecule has 0 aromatic rings. The predicted molar refractivity (Wildman–Crippen MR) is 47.1 cm³/mol. The molecule has 0 bridgehead atoms. The fourth-order valence-electron chi connectivity index (χ4n) is 1.99. The van der Waals surface area contributed by atoms with Crippen LogP contribution in [0.1, 0.15) is 39.0 Å². The van der Waals surface area contributed by atoms with Crippen molar-refractivity contribution in [3.8, 4) is 0 Å². The lowest BCUT2D eigenvalue weighted by Gasteiger charge is -2.19. The van der Waals surface area contributed by atoms with Crippen LogP contribution in [0.2, 0.25) is 0 Å². The highest BCUT2D eigenvalue weighted by atomic mass is 15.2. The quantitative estimate of drug-likeness (QED) is 0.548. The molecule has 0 saturated heterocycles. The maximum absolute atomic E-state index is 4.21. The van der Waals surface area contributed by atoms with Gasteiger partial charge in [0.05, 0.1) is 0 Å². The average molecular weight is 150 g/mol. The number of hydrogen-bond donors (Lipinski definition) is 0. The minimum Gasteiger partial charge on any atom is -0.159 e. The van der Waals surface area contributed by atoms with E-state index in [1.54, 1.807) is 0 Å². The van der Waals surface area contributed by atoms with Crippen LogP contribution in [0.5, 0.6) is 0 Å². The van der Waals surface area contributed by atoms with Crippen molar-refractivity contribution in [2.24, 2.45) is 16.1 Å². The normalized spacial score (nSPS) is 29.4. The van der Waals surface area contributed by atoms with Crippen molar-refractivity contribution in [1.82, 2.24) is 0 Å². The molecule has 2 heteroatoms. The van der Waals surface area contributed by atoms with Crippen molar-refractivity contribution in [1.29, 1.82) is 0 Å². The second-order valence-electron chi connectivity index (χ2n) is 3.33. The van der Waals surface area contributed by atoms with E-state index in [2.05, 4.69) is 17.1 Å². The predicted octanol–water partition coefficient (Wildman–Crippen LogP) is 2.40. The molecule has 0 N–H and O–H groups in total. The van der Waals surface area contributed by atoms with Gasteiger partial charge in [-0.3, -0.25) is 0 Å². The minimum atomic E-state index is 0.647. The third-order valence-electron chi connectivity index (χ3n) is 2.65. The van der Waals surface area contributed by atoms with Crippen LogP contribution in [0.4, 0.5) is 0 Å². The average Bonchev–Trinajstić information content (AvgIpc) is 2.47. The van der Waals surface area contributed by atoms with E-state index in [9.17, 15) is 0 Å². The van der Waals surface area contributed by atoms with Gasteiger partial charge in [-0.2, -0.15) is 10.2 Å². The number of fused-ring (bicyclic) bond motifs is 1. The molecule has 0 unspecified atom stereocenters. The number of hydrogen-bond acceptors (Lipinski definition) is 2. The van der Waals surface area contributed by atoms with Crippen molar-refractivity contribution in [3.05, 3.63) is 0 Å². The van der Waals surface area contributed by atoms with Crippen LogP contribution < -0.4 is 0 Å². The van der Waals surface area contributed by atoms with E-state index < -0.39 is 0 Å². The molecule has 60 valence electrons. The van der Waals surface area contributed by atoms with Gasteiger partial charge >= 0.3 is 0 Å². The summed E-state index contributed by atoms with van der Waals surface area (Å²) in [7, 11) is 0. The number of rotatable bonds is 1. The van der Waals surface area contributed by atoms with E-state index in [1.165, 1.54) is 37.1 Å². The van der Waals surface area contributed by atoms with Gasteiger partial charge in [-0.25, -0.2) is 0 Å². The third kappa shape index (κ3) is 1.10. The Labute approximate surface area is 67.4 Å². The van der Waals surface area contributed by atoms with Crippen molar-refractivity contribution in [2.45, 2.75) is 39.0 Å². The molecule has 1 saturated carbocycles. The van der Waals surface area contributed by atoms with Crippen molar-refractivity contribution < 1.29 is 0 Å². The highest BCUT2D eigenvalue weighted by molar-refractivity contribution is 6.10. The van der Waals surface area contributed by atoms with Crippen LogP contribution in [-0.4, -0.2) is 11.4 Å². The lowest BCUT2D eigenvalue weighted by molar-refractivity contribution is 0.616. The van der Waals surface area contributed by atoms with Crippen LogP contribution in [-0.2, 0) is 0 Å². The molecule has 1 heterocycles. The Balaban J connectivity index is 2.13. The van der Waals surface area contributed by atoms with Crippen molar-refractivity contribution in [3.63, 3.8) is 0 Å². The maximum Gasteiger partial charge on any atom is 0.0493 e. The van der Waals surface area contributed by atoms with E-state index in [1.807, 2.05) is 0 Å². The largest absolute Gasteiger partial charge is 0.159 e. The van der Waals surface area contributed by atoms with Gasteiger partial charge in [0.25, 0.3) is 0 Å². The van der Waals surface area contributed by atoms with Gasteiger partial charge < -0.3 is 0 Å². The minimum absolute atomic E-state index is 0.647. The van der Waals surface area contributed by atoms with Crippen LogP contribution in [0.3, 0.4) is 0 Å². The van der Waals surface area contributed by atoms with Gasteiger partial charge in [-0.1, -0.05) is 13.3 Å². The lowest BCUT2D eigenvalue weighted by Crippen LogP contribution is -2.22. The van der Waals surface area contributed by atoms with Gasteiger partial charge in [0, 0.05) is 17.3 Å². The Morgan fingerprint density at radius 3 is 3.09 bits per heavy atom. The molecule has 0 spiro atoms. The fraction of sp³-hybridized carbons (Fsp3) is 0.778. The highest BCUT2D eigenvalue weighted by Gasteiger charge is 2.27. The Morgan fingerprint density at radius 1 is 1.36 bits per heavy atom. The zero-order chi connectivity index (χ0) is 7.68. The summed E-state index contributed by atoms with van der Waals surface area (Å²) >= 11 is 0. The first-order chi connectivity index (χ1) is 5.42. The molecule has 1 aliphatic heterocycles. The standard InChI is InChI=1S/C9H14N2/c1-2-8-7-5-3-4-6-9(7)11-10-8/h7H,2-6H2,1H3/t7-/m0/s1. The topological polar surface area (TPSA) is 24.7 Å². The number of nitrogens with zero attached hydrogens (tertiary/aromatic N) is 2. The Kier molecular flexibility index (Phi) is 1.76. The molecular formula is C9H14N2. The molecule has 0 radical (unpaired) electrons.